The minimum absolute atomic E-state index is 0.0184. The van der Waals surface area contributed by atoms with Gasteiger partial charge in [-0.3, -0.25) is 14.4 Å². The lowest BCUT2D eigenvalue weighted by Crippen LogP contribution is -2.56. The number of nitrogens with one attached hydrogen (secondary N) is 1. The minimum Gasteiger partial charge on any atom is -0.378 e. The Morgan fingerprint density at radius 3 is 2.96 bits per heavy atom. The van der Waals surface area contributed by atoms with Crippen LogP contribution in [0.5, 0.6) is 0 Å². The zero-order valence-corrected chi connectivity index (χ0v) is 12.9. The second-order valence-electron chi connectivity index (χ2n) is 5.75. The number of hydrogen-bond donors (Lipinski definition) is 1. The summed E-state index contributed by atoms with van der Waals surface area (Å²) in [7, 11) is 0. The molecule has 0 bridgehead atoms. The van der Waals surface area contributed by atoms with Gasteiger partial charge in [0.15, 0.2) is 0 Å². The smallest absolute Gasteiger partial charge is 0.378 e. The van der Waals surface area contributed by atoms with Crippen LogP contribution in [0.2, 0.25) is 0 Å². The number of nitrogens with zero attached hydrogens (tertiary/aromatic N) is 3. The van der Waals surface area contributed by atoms with Crippen LogP contribution in [0.1, 0.15) is 6.92 Å². The molecule has 1 saturated heterocycles. The van der Waals surface area contributed by atoms with Crippen LogP contribution in [0, 0.1) is 5.92 Å². The topological polar surface area (TPSA) is 59.4 Å². The normalized spacial score (nSPS) is 21.1. The Kier molecular flexibility index (Phi) is 6.00. The van der Waals surface area contributed by atoms with Gasteiger partial charge in [0.25, 0.3) is 0 Å². The third-order valence-electron chi connectivity index (χ3n) is 3.61. The monoisotopic (exact) mass is 334 g/mol. The number of aromatic nitrogens is 2. The fourth-order valence-electron chi connectivity index (χ4n) is 2.48. The largest absolute Gasteiger partial charge is 0.401 e. The number of morpholine rings is 1. The SMILES string of the molecule is CC(CNC(=O)C1COCCN1CC(F)(F)F)Cn1cccn1. The summed E-state index contributed by atoms with van der Waals surface area (Å²) in [6.07, 6.45) is -0.846. The van der Waals surface area contributed by atoms with Gasteiger partial charge in [-0.2, -0.15) is 18.3 Å². The molecule has 2 unspecified atom stereocenters. The maximum absolute atomic E-state index is 12.6. The summed E-state index contributed by atoms with van der Waals surface area (Å²) in [5.41, 5.74) is 0. The molecular weight excluding hydrogens is 313 g/mol. The first-order valence-corrected chi connectivity index (χ1v) is 7.49. The van der Waals surface area contributed by atoms with Crippen molar-refractivity contribution in [3.05, 3.63) is 18.5 Å². The Bertz CT molecular complexity index is 493. The Balaban J connectivity index is 1.82. The molecule has 1 aliphatic rings. The molecule has 6 nitrogen and oxygen atoms in total. The lowest BCUT2D eigenvalue weighted by molar-refractivity contribution is -0.166. The van der Waals surface area contributed by atoms with Gasteiger partial charge in [0, 0.05) is 32.0 Å². The molecule has 2 heterocycles. The van der Waals surface area contributed by atoms with E-state index >= 15 is 0 Å². The van der Waals surface area contributed by atoms with Crippen LogP contribution in [-0.2, 0) is 16.1 Å². The molecular formula is C14H21F3N4O2. The average molecular weight is 334 g/mol. The fraction of sp³-hybridized carbons (Fsp3) is 0.714. The maximum Gasteiger partial charge on any atom is 0.401 e. The molecule has 9 heteroatoms. The molecule has 0 radical (unpaired) electrons. The number of alkyl halides is 3. The molecule has 0 aliphatic carbocycles. The van der Waals surface area contributed by atoms with Gasteiger partial charge in [0.2, 0.25) is 5.91 Å². The Morgan fingerprint density at radius 1 is 1.52 bits per heavy atom. The Hall–Kier alpha value is -1.61. The quantitative estimate of drug-likeness (QED) is 0.840. The van der Waals surface area contributed by atoms with Crippen molar-refractivity contribution in [2.24, 2.45) is 5.92 Å². The van der Waals surface area contributed by atoms with Crippen LogP contribution in [0.25, 0.3) is 0 Å². The first-order chi connectivity index (χ1) is 10.8. The molecule has 1 fully saturated rings. The van der Waals surface area contributed by atoms with Crippen LogP contribution in [0.4, 0.5) is 13.2 Å². The van der Waals surface area contributed by atoms with Crippen molar-refractivity contribution >= 4 is 5.91 Å². The van der Waals surface area contributed by atoms with E-state index in [4.69, 9.17) is 4.74 Å². The van der Waals surface area contributed by atoms with Crippen LogP contribution < -0.4 is 5.32 Å². The van der Waals surface area contributed by atoms with Gasteiger partial charge < -0.3 is 10.1 Å². The van der Waals surface area contributed by atoms with Crippen LogP contribution >= 0.6 is 0 Å². The minimum atomic E-state index is -4.33. The van der Waals surface area contributed by atoms with Crippen molar-refractivity contribution in [3.63, 3.8) is 0 Å². The summed E-state index contributed by atoms with van der Waals surface area (Å²) < 4.78 is 44.6. The van der Waals surface area contributed by atoms with Gasteiger partial charge >= 0.3 is 6.18 Å². The third kappa shape index (κ3) is 5.83. The van der Waals surface area contributed by atoms with Crippen LogP contribution in [0.3, 0.4) is 0 Å². The van der Waals surface area contributed by atoms with E-state index in [0.29, 0.717) is 13.1 Å². The number of amides is 1. The van der Waals surface area contributed by atoms with Crippen molar-refractivity contribution in [3.8, 4) is 0 Å². The molecule has 1 amide bonds. The van der Waals surface area contributed by atoms with E-state index in [-0.39, 0.29) is 25.7 Å². The second-order valence-corrected chi connectivity index (χ2v) is 5.75. The van der Waals surface area contributed by atoms with E-state index in [1.54, 1.807) is 16.9 Å². The number of hydrogen-bond acceptors (Lipinski definition) is 4. The Morgan fingerprint density at radius 2 is 2.30 bits per heavy atom. The van der Waals surface area contributed by atoms with Crippen molar-refractivity contribution in [1.29, 1.82) is 0 Å². The molecule has 1 N–H and O–H groups in total. The molecule has 1 aromatic rings. The highest BCUT2D eigenvalue weighted by Crippen LogP contribution is 2.19. The molecule has 1 aromatic heterocycles. The maximum atomic E-state index is 12.6. The van der Waals surface area contributed by atoms with Gasteiger partial charge in [-0.25, -0.2) is 0 Å². The lowest BCUT2D eigenvalue weighted by atomic mass is 10.1. The molecule has 0 saturated carbocycles. The predicted molar refractivity (Wildman–Crippen MR) is 76.6 cm³/mol. The van der Waals surface area contributed by atoms with E-state index in [9.17, 15) is 18.0 Å². The molecule has 23 heavy (non-hydrogen) atoms. The Labute approximate surface area is 132 Å². The first kappa shape index (κ1) is 17.7. The highest BCUT2D eigenvalue weighted by atomic mass is 19.4. The zero-order valence-electron chi connectivity index (χ0n) is 12.9. The molecule has 2 atom stereocenters. The number of rotatable bonds is 6. The van der Waals surface area contributed by atoms with Crippen molar-refractivity contribution in [2.75, 3.05) is 32.8 Å². The number of ether oxygens (including phenoxy) is 1. The van der Waals surface area contributed by atoms with Gasteiger partial charge in [-0.15, -0.1) is 0 Å². The van der Waals surface area contributed by atoms with E-state index in [1.807, 2.05) is 13.1 Å². The first-order valence-electron chi connectivity index (χ1n) is 7.49. The molecule has 0 spiro atoms. The zero-order chi connectivity index (χ0) is 16.9. The van der Waals surface area contributed by atoms with E-state index < -0.39 is 24.7 Å². The number of carbonyl (C=O) groups excluding carboxylic acids is 1. The lowest BCUT2D eigenvalue weighted by Gasteiger charge is -2.35. The summed E-state index contributed by atoms with van der Waals surface area (Å²) in [5.74, 6) is -0.319. The van der Waals surface area contributed by atoms with Gasteiger partial charge in [-0.05, 0) is 12.0 Å². The third-order valence-corrected chi connectivity index (χ3v) is 3.61. The summed E-state index contributed by atoms with van der Waals surface area (Å²) in [6, 6.07) is 0.905. The van der Waals surface area contributed by atoms with E-state index in [2.05, 4.69) is 10.4 Å². The average Bonchev–Trinajstić information content (AvgIpc) is 2.96. The van der Waals surface area contributed by atoms with Crippen molar-refractivity contribution < 1.29 is 22.7 Å². The summed E-state index contributed by atoms with van der Waals surface area (Å²) >= 11 is 0. The number of halogens is 3. The summed E-state index contributed by atoms with van der Waals surface area (Å²) in [6.45, 7) is 2.12. The predicted octanol–water partition coefficient (Wildman–Crippen LogP) is 0.898. The standard InChI is InChI=1S/C14H21F3N4O2/c1-11(8-21-4-2-3-19-21)7-18-13(22)12-9-23-6-5-20(12)10-14(15,16)17/h2-4,11-12H,5-10H2,1H3,(H,18,22). The summed E-state index contributed by atoms with van der Waals surface area (Å²) in [5, 5.41) is 6.79. The van der Waals surface area contributed by atoms with Crippen molar-refractivity contribution in [1.82, 2.24) is 20.0 Å². The molecule has 130 valence electrons. The van der Waals surface area contributed by atoms with Crippen LogP contribution in [-0.4, -0.2) is 65.7 Å². The van der Waals surface area contributed by atoms with Gasteiger partial charge in [0.05, 0.1) is 19.8 Å². The molecule has 0 aromatic carbocycles. The fourth-order valence-corrected chi connectivity index (χ4v) is 2.48. The summed E-state index contributed by atoms with van der Waals surface area (Å²) in [4.78, 5) is 13.3. The highest BCUT2D eigenvalue weighted by molar-refractivity contribution is 5.82. The van der Waals surface area contributed by atoms with Gasteiger partial charge in [0.1, 0.15) is 6.04 Å². The number of carbonyl (C=O) groups is 1. The van der Waals surface area contributed by atoms with Gasteiger partial charge in [-0.1, -0.05) is 6.92 Å². The molecule has 1 aliphatic heterocycles. The van der Waals surface area contributed by atoms with E-state index in [1.165, 1.54) is 0 Å². The van der Waals surface area contributed by atoms with Crippen LogP contribution in [0.15, 0.2) is 18.5 Å². The molecule has 2 rings (SSSR count). The van der Waals surface area contributed by atoms with E-state index in [0.717, 1.165) is 4.90 Å². The second kappa shape index (κ2) is 7.78. The van der Waals surface area contributed by atoms with Crippen molar-refractivity contribution in [2.45, 2.75) is 25.7 Å². The highest BCUT2D eigenvalue weighted by Gasteiger charge is 2.38.